The summed E-state index contributed by atoms with van der Waals surface area (Å²) in [5.41, 5.74) is -1.03. The van der Waals surface area contributed by atoms with Gasteiger partial charge in [-0.2, -0.15) is 13.2 Å². The molecule has 0 saturated carbocycles. The van der Waals surface area contributed by atoms with Crippen LogP contribution in [0.4, 0.5) is 24.5 Å². The highest BCUT2D eigenvalue weighted by molar-refractivity contribution is 7.92. The zero-order valence-electron chi connectivity index (χ0n) is 14.3. The number of halogens is 4. The summed E-state index contributed by atoms with van der Waals surface area (Å²) in [6.07, 6.45) is -3.84. The number of sulfonamides is 1. The van der Waals surface area contributed by atoms with Crippen LogP contribution in [0.2, 0.25) is 5.02 Å². The van der Waals surface area contributed by atoms with Crippen molar-refractivity contribution in [2.75, 3.05) is 15.9 Å². The highest BCUT2D eigenvalue weighted by Gasteiger charge is 2.34. The Labute approximate surface area is 159 Å². The number of para-hydroxylation sites is 1. The smallest absolute Gasteiger partial charge is 0.323 e. The van der Waals surface area contributed by atoms with Crippen LogP contribution in [0.25, 0.3) is 0 Å². The van der Waals surface area contributed by atoms with E-state index in [1.165, 1.54) is 25.1 Å². The number of carbonyl (C=O) groups excluding carboxylic acids is 1. The number of benzene rings is 2. The van der Waals surface area contributed by atoms with Gasteiger partial charge in [-0.1, -0.05) is 29.8 Å². The van der Waals surface area contributed by atoms with Crippen LogP contribution in [-0.2, 0) is 21.0 Å². The molecule has 10 heteroatoms. The second kappa shape index (κ2) is 7.77. The van der Waals surface area contributed by atoms with E-state index in [4.69, 9.17) is 11.6 Å². The number of amides is 1. The molecule has 1 atom stereocenters. The van der Waals surface area contributed by atoms with Crippen molar-refractivity contribution in [2.24, 2.45) is 0 Å². The zero-order valence-corrected chi connectivity index (χ0v) is 15.9. The zero-order chi connectivity index (χ0) is 20.4. The fraction of sp³-hybridized carbons (Fsp3) is 0.235. The number of anilines is 2. The molecule has 1 amide bonds. The second-order valence-corrected chi connectivity index (χ2v) is 8.02. The lowest BCUT2D eigenvalue weighted by molar-refractivity contribution is -0.137. The molecule has 5 nitrogen and oxygen atoms in total. The number of nitrogens with one attached hydrogen (secondary N) is 1. The molecule has 2 aromatic carbocycles. The van der Waals surface area contributed by atoms with Crippen LogP contribution in [0.15, 0.2) is 48.5 Å². The first-order valence-electron chi connectivity index (χ1n) is 7.63. The molecule has 1 N–H and O–H groups in total. The summed E-state index contributed by atoms with van der Waals surface area (Å²) in [6, 6.07) is 8.76. The number of nitrogens with zero attached hydrogens (tertiary/aromatic N) is 1. The van der Waals surface area contributed by atoms with Crippen molar-refractivity contribution in [3.05, 3.63) is 59.1 Å². The van der Waals surface area contributed by atoms with E-state index >= 15 is 0 Å². The lowest BCUT2D eigenvalue weighted by Gasteiger charge is -2.28. The van der Waals surface area contributed by atoms with Crippen LogP contribution in [0.3, 0.4) is 0 Å². The summed E-state index contributed by atoms with van der Waals surface area (Å²) in [6.45, 7) is 1.27. The fourth-order valence-corrected chi connectivity index (χ4v) is 3.78. The van der Waals surface area contributed by atoms with Crippen LogP contribution in [0.1, 0.15) is 12.5 Å². The average molecular weight is 421 g/mol. The molecular formula is C17H16ClF3N2O3S. The van der Waals surface area contributed by atoms with E-state index in [9.17, 15) is 26.4 Å². The first-order valence-corrected chi connectivity index (χ1v) is 9.86. The van der Waals surface area contributed by atoms with Gasteiger partial charge in [-0.15, -0.1) is 0 Å². The van der Waals surface area contributed by atoms with Gasteiger partial charge in [-0.05, 0) is 37.3 Å². The molecule has 0 heterocycles. The van der Waals surface area contributed by atoms with Crippen LogP contribution in [0, 0.1) is 0 Å². The molecule has 0 unspecified atom stereocenters. The van der Waals surface area contributed by atoms with Gasteiger partial charge in [0.2, 0.25) is 15.9 Å². The summed E-state index contributed by atoms with van der Waals surface area (Å²) in [5.74, 6) is -0.745. The third-order valence-electron chi connectivity index (χ3n) is 3.65. The molecule has 0 fully saturated rings. The van der Waals surface area contributed by atoms with E-state index in [-0.39, 0.29) is 16.4 Å². The minimum atomic E-state index is -4.65. The molecule has 2 aromatic rings. The molecule has 0 aliphatic carbocycles. The number of hydrogen-bond acceptors (Lipinski definition) is 3. The van der Waals surface area contributed by atoms with Crippen molar-refractivity contribution < 1.29 is 26.4 Å². The Bertz CT molecular complexity index is 948. The van der Waals surface area contributed by atoms with E-state index < -0.39 is 33.7 Å². The van der Waals surface area contributed by atoms with Crippen molar-refractivity contribution in [1.82, 2.24) is 0 Å². The van der Waals surface area contributed by atoms with E-state index in [0.717, 1.165) is 18.4 Å². The van der Waals surface area contributed by atoms with E-state index in [0.29, 0.717) is 10.4 Å². The van der Waals surface area contributed by atoms with Gasteiger partial charge < -0.3 is 5.32 Å². The number of alkyl halides is 3. The third-order valence-corrected chi connectivity index (χ3v) is 5.22. The van der Waals surface area contributed by atoms with Gasteiger partial charge in [0, 0.05) is 0 Å². The molecule has 27 heavy (non-hydrogen) atoms. The molecule has 0 radical (unpaired) electrons. The third kappa shape index (κ3) is 5.14. The molecule has 2 rings (SSSR count). The Morgan fingerprint density at radius 1 is 1.15 bits per heavy atom. The summed E-state index contributed by atoms with van der Waals surface area (Å²) in [4.78, 5) is 12.5. The lowest BCUT2D eigenvalue weighted by atomic mass is 10.1. The van der Waals surface area contributed by atoms with Gasteiger partial charge in [-0.3, -0.25) is 9.10 Å². The van der Waals surface area contributed by atoms with Gasteiger partial charge in [0.05, 0.1) is 28.2 Å². The largest absolute Gasteiger partial charge is 0.416 e. The van der Waals surface area contributed by atoms with Crippen molar-refractivity contribution in [3.63, 3.8) is 0 Å². The second-order valence-electron chi connectivity index (χ2n) is 5.75. The van der Waals surface area contributed by atoms with Crippen molar-refractivity contribution in [3.8, 4) is 0 Å². The molecular weight excluding hydrogens is 405 g/mol. The summed E-state index contributed by atoms with van der Waals surface area (Å²) >= 11 is 5.96. The van der Waals surface area contributed by atoms with Gasteiger partial charge in [0.15, 0.2) is 0 Å². The SMILES string of the molecule is C[C@@H](C(=O)Nc1ccccc1Cl)N(c1cccc(C(F)(F)F)c1)S(C)(=O)=O. The highest BCUT2D eigenvalue weighted by Crippen LogP contribution is 2.33. The van der Waals surface area contributed by atoms with Gasteiger partial charge in [0.25, 0.3) is 0 Å². The van der Waals surface area contributed by atoms with E-state index in [1.807, 2.05) is 0 Å². The van der Waals surface area contributed by atoms with Crippen LogP contribution < -0.4 is 9.62 Å². The number of carbonyl (C=O) groups is 1. The first kappa shape index (κ1) is 21.0. The maximum Gasteiger partial charge on any atom is 0.416 e. The Morgan fingerprint density at radius 3 is 2.33 bits per heavy atom. The Kier molecular flexibility index (Phi) is 6.06. The topological polar surface area (TPSA) is 66.5 Å². The van der Waals surface area contributed by atoms with Gasteiger partial charge in [-0.25, -0.2) is 8.42 Å². The molecule has 0 saturated heterocycles. The maximum atomic E-state index is 13.0. The quantitative estimate of drug-likeness (QED) is 0.790. The minimum absolute atomic E-state index is 0.239. The van der Waals surface area contributed by atoms with Crippen LogP contribution >= 0.6 is 11.6 Å². The Hall–Kier alpha value is -2.26. The number of hydrogen-bond donors (Lipinski definition) is 1. The minimum Gasteiger partial charge on any atom is -0.323 e. The molecule has 0 bridgehead atoms. The predicted octanol–water partition coefficient (Wildman–Crippen LogP) is 4.15. The van der Waals surface area contributed by atoms with Gasteiger partial charge in [0.1, 0.15) is 6.04 Å². The Morgan fingerprint density at radius 2 is 1.78 bits per heavy atom. The first-order chi connectivity index (χ1) is 12.4. The number of rotatable bonds is 5. The van der Waals surface area contributed by atoms with Crippen molar-refractivity contribution in [2.45, 2.75) is 19.1 Å². The standard InChI is InChI=1S/C17H16ClF3N2O3S/c1-11(16(24)22-15-9-4-3-8-14(15)18)23(27(2,25)26)13-7-5-6-12(10-13)17(19,20)21/h3-11H,1-2H3,(H,22,24)/t11-/m0/s1. The van der Waals surface area contributed by atoms with E-state index in [1.54, 1.807) is 12.1 Å². The Balaban J connectivity index is 2.40. The molecule has 0 aromatic heterocycles. The van der Waals surface area contributed by atoms with Crippen molar-refractivity contribution in [1.29, 1.82) is 0 Å². The molecule has 146 valence electrons. The highest BCUT2D eigenvalue weighted by atomic mass is 35.5. The van der Waals surface area contributed by atoms with Crippen LogP contribution in [0.5, 0.6) is 0 Å². The van der Waals surface area contributed by atoms with E-state index in [2.05, 4.69) is 5.32 Å². The monoisotopic (exact) mass is 420 g/mol. The molecule has 0 spiro atoms. The lowest BCUT2D eigenvalue weighted by Crippen LogP contribution is -2.45. The predicted molar refractivity (Wildman–Crippen MR) is 98.3 cm³/mol. The normalized spacial score (nSPS) is 13.1. The average Bonchev–Trinajstić information content (AvgIpc) is 2.55. The maximum absolute atomic E-state index is 13.0. The fourth-order valence-electron chi connectivity index (χ4n) is 2.43. The van der Waals surface area contributed by atoms with Gasteiger partial charge >= 0.3 is 6.18 Å². The van der Waals surface area contributed by atoms with Crippen molar-refractivity contribution >= 4 is 38.9 Å². The summed E-state index contributed by atoms with van der Waals surface area (Å²) in [7, 11) is -4.05. The molecule has 0 aliphatic heterocycles. The molecule has 0 aliphatic rings. The summed E-state index contributed by atoms with van der Waals surface area (Å²) < 4.78 is 63.9. The summed E-state index contributed by atoms with van der Waals surface area (Å²) in [5, 5.41) is 2.72. The van der Waals surface area contributed by atoms with Crippen LogP contribution in [-0.4, -0.2) is 26.6 Å².